The summed E-state index contributed by atoms with van der Waals surface area (Å²) in [5.41, 5.74) is 1.01. The van der Waals surface area contributed by atoms with Crippen LogP contribution in [-0.2, 0) is 4.79 Å². The minimum absolute atomic E-state index is 0.0430. The van der Waals surface area contributed by atoms with Crippen LogP contribution in [0.5, 0.6) is 17.2 Å². The van der Waals surface area contributed by atoms with Gasteiger partial charge in [0.05, 0.1) is 21.3 Å². The molecule has 0 bridgehead atoms. The molecule has 1 aliphatic heterocycles. The first-order valence-corrected chi connectivity index (χ1v) is 9.11. The van der Waals surface area contributed by atoms with Crippen molar-refractivity contribution in [2.24, 2.45) is 5.92 Å². The molecule has 29 heavy (non-hydrogen) atoms. The van der Waals surface area contributed by atoms with Gasteiger partial charge in [-0.2, -0.15) is 0 Å². The Morgan fingerprint density at radius 3 is 2.28 bits per heavy atom. The fraction of sp³-hybridized carbons (Fsp3) is 0.333. The second kappa shape index (κ2) is 8.81. The van der Waals surface area contributed by atoms with Gasteiger partial charge in [0.25, 0.3) is 5.91 Å². The molecule has 1 N–H and O–H groups in total. The van der Waals surface area contributed by atoms with Crippen molar-refractivity contribution >= 4 is 17.5 Å². The molecule has 7 nitrogen and oxygen atoms in total. The summed E-state index contributed by atoms with van der Waals surface area (Å²) in [5, 5.41) is 2.85. The Kier molecular flexibility index (Phi) is 6.21. The Bertz CT molecular complexity index is 875. The van der Waals surface area contributed by atoms with Crippen molar-refractivity contribution in [1.82, 2.24) is 5.32 Å². The Hall–Kier alpha value is -3.29. The molecule has 1 unspecified atom stereocenters. The smallest absolute Gasteiger partial charge is 0.251 e. The van der Waals surface area contributed by atoms with E-state index in [-0.39, 0.29) is 23.5 Å². The third-order valence-corrected chi connectivity index (χ3v) is 4.82. The molecule has 0 aliphatic carbocycles. The van der Waals surface area contributed by atoms with Gasteiger partial charge in [0.2, 0.25) is 11.7 Å². The van der Waals surface area contributed by atoms with Crippen molar-refractivity contribution in [3.8, 4) is 17.2 Å². The lowest BCUT2D eigenvalue weighted by molar-refractivity contribution is -0.117. The van der Waals surface area contributed by atoms with Gasteiger partial charge in [-0.25, -0.2) is 4.39 Å². The van der Waals surface area contributed by atoms with Crippen LogP contribution >= 0.6 is 0 Å². The first-order chi connectivity index (χ1) is 14.0. The van der Waals surface area contributed by atoms with Gasteiger partial charge >= 0.3 is 0 Å². The summed E-state index contributed by atoms with van der Waals surface area (Å²) >= 11 is 0. The number of halogens is 1. The van der Waals surface area contributed by atoms with Crippen molar-refractivity contribution in [2.75, 3.05) is 39.3 Å². The largest absolute Gasteiger partial charge is 0.493 e. The summed E-state index contributed by atoms with van der Waals surface area (Å²) in [4.78, 5) is 26.5. The molecule has 0 aromatic heterocycles. The lowest BCUT2D eigenvalue weighted by atomic mass is 10.1. The van der Waals surface area contributed by atoms with Gasteiger partial charge in [-0.15, -0.1) is 0 Å². The monoisotopic (exact) mass is 402 g/mol. The SMILES string of the molecule is COc1cc(C(=O)NCC2CC(=O)N(c3ccc(F)cc3)C2)cc(OC)c1OC. The molecule has 1 atom stereocenters. The summed E-state index contributed by atoms with van der Waals surface area (Å²) in [5.74, 6) is 0.419. The van der Waals surface area contributed by atoms with E-state index < -0.39 is 0 Å². The zero-order chi connectivity index (χ0) is 21.0. The standard InChI is InChI=1S/C21H23FN2O5/c1-27-17-9-14(10-18(28-2)20(17)29-3)21(26)23-11-13-8-19(25)24(12-13)16-6-4-15(22)5-7-16/h4-7,9-10,13H,8,11-12H2,1-3H3,(H,23,26). The molecule has 1 heterocycles. The molecule has 154 valence electrons. The molecule has 8 heteroatoms. The fourth-order valence-electron chi connectivity index (χ4n) is 3.34. The molecular formula is C21H23FN2O5. The van der Waals surface area contributed by atoms with Crippen LogP contribution in [0, 0.1) is 11.7 Å². The van der Waals surface area contributed by atoms with E-state index in [1.165, 1.54) is 33.5 Å². The van der Waals surface area contributed by atoms with Gasteiger partial charge in [0.15, 0.2) is 11.5 Å². The molecular weight excluding hydrogens is 379 g/mol. The van der Waals surface area contributed by atoms with E-state index in [9.17, 15) is 14.0 Å². The molecule has 1 fully saturated rings. The average molecular weight is 402 g/mol. The van der Waals surface area contributed by atoms with E-state index in [4.69, 9.17) is 14.2 Å². The van der Waals surface area contributed by atoms with E-state index in [0.717, 1.165) is 0 Å². The second-order valence-corrected chi connectivity index (χ2v) is 6.67. The number of methoxy groups -OCH3 is 3. The Morgan fingerprint density at radius 1 is 1.10 bits per heavy atom. The van der Waals surface area contributed by atoms with Crippen molar-refractivity contribution < 1.29 is 28.2 Å². The molecule has 1 aliphatic rings. The number of rotatable bonds is 7. The number of anilines is 1. The van der Waals surface area contributed by atoms with Crippen LogP contribution in [0.2, 0.25) is 0 Å². The van der Waals surface area contributed by atoms with Crippen molar-refractivity contribution in [3.05, 3.63) is 47.8 Å². The maximum Gasteiger partial charge on any atom is 0.251 e. The van der Waals surface area contributed by atoms with Crippen LogP contribution in [0.15, 0.2) is 36.4 Å². The van der Waals surface area contributed by atoms with Crippen LogP contribution in [0.1, 0.15) is 16.8 Å². The van der Waals surface area contributed by atoms with Gasteiger partial charge in [-0.3, -0.25) is 9.59 Å². The lowest BCUT2D eigenvalue weighted by Crippen LogP contribution is -2.31. The van der Waals surface area contributed by atoms with E-state index in [2.05, 4.69) is 5.32 Å². The summed E-state index contributed by atoms with van der Waals surface area (Å²) in [6, 6.07) is 8.93. The number of carbonyl (C=O) groups excluding carboxylic acids is 2. The number of hydrogen-bond donors (Lipinski definition) is 1. The fourth-order valence-corrected chi connectivity index (χ4v) is 3.34. The molecule has 3 rings (SSSR count). The highest BCUT2D eigenvalue weighted by atomic mass is 19.1. The average Bonchev–Trinajstić information content (AvgIpc) is 3.11. The molecule has 2 aromatic carbocycles. The van der Waals surface area contributed by atoms with Crippen LogP contribution in [0.25, 0.3) is 0 Å². The first-order valence-electron chi connectivity index (χ1n) is 9.11. The van der Waals surface area contributed by atoms with E-state index in [1.807, 2.05) is 0 Å². The highest BCUT2D eigenvalue weighted by Crippen LogP contribution is 2.38. The van der Waals surface area contributed by atoms with Gasteiger partial charge in [-0.1, -0.05) is 0 Å². The number of amides is 2. The zero-order valence-electron chi connectivity index (χ0n) is 16.5. The molecule has 2 amide bonds. The summed E-state index contributed by atoms with van der Waals surface area (Å²) in [6.07, 6.45) is 0.312. The normalized spacial score (nSPS) is 15.9. The van der Waals surface area contributed by atoms with Crippen molar-refractivity contribution in [3.63, 3.8) is 0 Å². The summed E-state index contributed by atoms with van der Waals surface area (Å²) in [7, 11) is 4.45. The minimum Gasteiger partial charge on any atom is -0.493 e. The van der Waals surface area contributed by atoms with Gasteiger partial charge in [-0.05, 0) is 36.4 Å². The topological polar surface area (TPSA) is 77.1 Å². The second-order valence-electron chi connectivity index (χ2n) is 6.67. The Morgan fingerprint density at radius 2 is 1.72 bits per heavy atom. The van der Waals surface area contributed by atoms with E-state index in [1.54, 1.807) is 29.2 Å². The van der Waals surface area contributed by atoms with Crippen LogP contribution in [0.3, 0.4) is 0 Å². The Labute approximate surface area is 168 Å². The van der Waals surface area contributed by atoms with Gasteiger partial charge < -0.3 is 24.4 Å². The number of benzene rings is 2. The third kappa shape index (κ3) is 4.42. The highest BCUT2D eigenvalue weighted by Gasteiger charge is 2.31. The molecule has 0 radical (unpaired) electrons. The van der Waals surface area contributed by atoms with Crippen LogP contribution < -0.4 is 24.4 Å². The van der Waals surface area contributed by atoms with Gasteiger partial charge in [0.1, 0.15) is 5.82 Å². The first kappa shape index (κ1) is 20.4. The Balaban J connectivity index is 1.65. The quantitative estimate of drug-likeness (QED) is 0.771. The van der Waals surface area contributed by atoms with E-state index in [0.29, 0.717) is 48.0 Å². The lowest BCUT2D eigenvalue weighted by Gasteiger charge is -2.17. The maximum atomic E-state index is 13.1. The van der Waals surface area contributed by atoms with Crippen LogP contribution in [-0.4, -0.2) is 46.2 Å². The maximum absolute atomic E-state index is 13.1. The number of nitrogens with zero attached hydrogens (tertiary/aromatic N) is 1. The predicted molar refractivity (Wildman–Crippen MR) is 105 cm³/mol. The predicted octanol–water partition coefficient (Wildman–Crippen LogP) is 2.63. The summed E-state index contributed by atoms with van der Waals surface area (Å²) in [6.45, 7) is 0.791. The third-order valence-electron chi connectivity index (χ3n) is 4.82. The molecule has 0 spiro atoms. The van der Waals surface area contributed by atoms with Crippen molar-refractivity contribution in [2.45, 2.75) is 6.42 Å². The summed E-state index contributed by atoms with van der Waals surface area (Å²) < 4.78 is 28.9. The number of nitrogens with one attached hydrogen (secondary N) is 1. The van der Waals surface area contributed by atoms with Crippen LogP contribution in [0.4, 0.5) is 10.1 Å². The number of hydrogen-bond acceptors (Lipinski definition) is 5. The minimum atomic E-state index is -0.352. The highest BCUT2D eigenvalue weighted by molar-refractivity contribution is 5.97. The zero-order valence-corrected chi connectivity index (χ0v) is 16.5. The van der Waals surface area contributed by atoms with Crippen molar-refractivity contribution in [1.29, 1.82) is 0 Å². The number of carbonyl (C=O) groups is 2. The van der Waals surface area contributed by atoms with Gasteiger partial charge in [0, 0.05) is 36.7 Å². The molecule has 2 aromatic rings. The number of ether oxygens (including phenoxy) is 3. The van der Waals surface area contributed by atoms with E-state index >= 15 is 0 Å². The molecule has 1 saturated heterocycles. The molecule has 0 saturated carbocycles.